The lowest BCUT2D eigenvalue weighted by Crippen LogP contribution is -2.44. The van der Waals surface area contributed by atoms with Crippen molar-refractivity contribution in [3.63, 3.8) is 0 Å². The van der Waals surface area contributed by atoms with E-state index in [-0.39, 0.29) is 17.4 Å². The zero-order valence-corrected chi connectivity index (χ0v) is 12.7. The molecule has 0 aromatic heterocycles. The van der Waals surface area contributed by atoms with E-state index < -0.39 is 6.61 Å². The summed E-state index contributed by atoms with van der Waals surface area (Å²) in [6.45, 7) is 4.15. The molecule has 0 radical (unpaired) electrons. The van der Waals surface area contributed by atoms with Crippen molar-refractivity contribution in [1.82, 2.24) is 5.32 Å². The molecule has 0 bridgehead atoms. The van der Waals surface area contributed by atoms with Crippen LogP contribution in [0.2, 0.25) is 0 Å². The average Bonchev–Trinajstić information content (AvgIpc) is 2.37. The number of rotatable bonds is 5. The number of hydrogen-bond donors (Lipinski definition) is 1. The van der Waals surface area contributed by atoms with Gasteiger partial charge in [-0.25, -0.2) is 0 Å². The maximum Gasteiger partial charge on any atom is 0.387 e. The molecular formula is C16H23F2NO2. The monoisotopic (exact) mass is 299 g/mol. The minimum absolute atomic E-state index is 0.0742. The zero-order valence-electron chi connectivity index (χ0n) is 12.7. The molecular weight excluding hydrogens is 276 g/mol. The van der Waals surface area contributed by atoms with Gasteiger partial charge >= 0.3 is 6.61 Å². The summed E-state index contributed by atoms with van der Waals surface area (Å²) in [5, 5.41) is 3.55. The van der Waals surface area contributed by atoms with Crippen molar-refractivity contribution in [2.75, 3.05) is 6.61 Å². The van der Waals surface area contributed by atoms with Gasteiger partial charge < -0.3 is 14.8 Å². The normalized spacial score (nSPS) is 23.0. The molecule has 2 rings (SSSR count). The molecule has 1 aliphatic heterocycles. The first-order valence-electron chi connectivity index (χ1n) is 7.30. The predicted octanol–water partition coefficient (Wildman–Crippen LogP) is 3.90. The molecule has 21 heavy (non-hydrogen) atoms. The molecule has 1 aliphatic rings. The van der Waals surface area contributed by atoms with Gasteiger partial charge in [0.25, 0.3) is 0 Å². The van der Waals surface area contributed by atoms with Crippen LogP contribution in [0, 0.1) is 0 Å². The lowest BCUT2D eigenvalue weighted by Gasteiger charge is -2.37. The summed E-state index contributed by atoms with van der Waals surface area (Å²) in [6, 6.07) is 7.29. The van der Waals surface area contributed by atoms with Crippen molar-refractivity contribution in [2.45, 2.75) is 57.9 Å². The van der Waals surface area contributed by atoms with Crippen molar-refractivity contribution in [3.8, 4) is 5.75 Å². The van der Waals surface area contributed by atoms with Gasteiger partial charge in [0.15, 0.2) is 0 Å². The summed E-state index contributed by atoms with van der Waals surface area (Å²) in [6.07, 6.45) is 1.89. The van der Waals surface area contributed by atoms with E-state index in [1.807, 2.05) is 13.0 Å². The minimum Gasteiger partial charge on any atom is -0.435 e. The van der Waals surface area contributed by atoms with Crippen LogP contribution in [0.4, 0.5) is 8.78 Å². The number of benzene rings is 1. The van der Waals surface area contributed by atoms with Crippen LogP contribution in [0.5, 0.6) is 5.75 Å². The van der Waals surface area contributed by atoms with E-state index in [1.54, 1.807) is 18.2 Å². The molecule has 5 heteroatoms. The first-order chi connectivity index (χ1) is 9.85. The minimum atomic E-state index is -2.79. The number of hydrogen-bond acceptors (Lipinski definition) is 3. The Bertz CT molecular complexity index is 465. The molecule has 1 fully saturated rings. The number of halogens is 2. The van der Waals surface area contributed by atoms with E-state index in [0.717, 1.165) is 25.0 Å². The van der Waals surface area contributed by atoms with Crippen LogP contribution < -0.4 is 10.1 Å². The van der Waals surface area contributed by atoms with E-state index in [9.17, 15) is 8.78 Å². The summed E-state index contributed by atoms with van der Waals surface area (Å²) < 4.78 is 34.7. The van der Waals surface area contributed by atoms with Gasteiger partial charge in [-0.15, -0.1) is 0 Å². The van der Waals surface area contributed by atoms with Crippen LogP contribution in [-0.4, -0.2) is 24.9 Å². The van der Waals surface area contributed by atoms with Crippen molar-refractivity contribution in [1.29, 1.82) is 0 Å². The molecule has 1 aromatic carbocycles. The van der Waals surface area contributed by atoms with Gasteiger partial charge in [-0.2, -0.15) is 8.78 Å². The molecule has 1 aromatic rings. The summed E-state index contributed by atoms with van der Waals surface area (Å²) in [5.41, 5.74) is 0.827. The molecule has 0 amide bonds. The fourth-order valence-electron chi connectivity index (χ4n) is 2.78. The Balaban J connectivity index is 1.98. The first kappa shape index (κ1) is 16.2. The van der Waals surface area contributed by atoms with Gasteiger partial charge in [0.1, 0.15) is 5.75 Å². The maximum atomic E-state index is 12.3. The van der Waals surface area contributed by atoms with Crippen molar-refractivity contribution in [3.05, 3.63) is 29.8 Å². The summed E-state index contributed by atoms with van der Waals surface area (Å²) in [4.78, 5) is 0. The third-order valence-electron chi connectivity index (χ3n) is 3.77. The average molecular weight is 299 g/mol. The van der Waals surface area contributed by atoms with E-state index in [0.29, 0.717) is 6.04 Å². The van der Waals surface area contributed by atoms with Gasteiger partial charge in [0.05, 0.1) is 5.60 Å². The van der Waals surface area contributed by atoms with E-state index in [2.05, 4.69) is 23.9 Å². The van der Waals surface area contributed by atoms with Crippen molar-refractivity contribution >= 4 is 0 Å². The third-order valence-corrected chi connectivity index (χ3v) is 3.77. The van der Waals surface area contributed by atoms with Crippen LogP contribution >= 0.6 is 0 Å². The lowest BCUT2D eigenvalue weighted by molar-refractivity contribution is -0.0640. The topological polar surface area (TPSA) is 30.5 Å². The molecule has 2 unspecified atom stereocenters. The third kappa shape index (κ3) is 4.93. The Kier molecular flexibility index (Phi) is 5.17. The quantitative estimate of drug-likeness (QED) is 0.894. The first-order valence-corrected chi connectivity index (χ1v) is 7.30. The molecule has 3 nitrogen and oxygen atoms in total. The van der Waals surface area contributed by atoms with Gasteiger partial charge in [0.2, 0.25) is 0 Å². The van der Waals surface area contributed by atoms with E-state index in [1.165, 1.54) is 0 Å². The number of alkyl halides is 2. The van der Waals surface area contributed by atoms with Crippen LogP contribution in [0.25, 0.3) is 0 Å². The highest BCUT2D eigenvalue weighted by atomic mass is 19.3. The molecule has 1 saturated heterocycles. The molecule has 1 N–H and O–H groups in total. The highest BCUT2D eigenvalue weighted by Crippen LogP contribution is 2.27. The van der Waals surface area contributed by atoms with Crippen molar-refractivity contribution < 1.29 is 18.3 Å². The van der Waals surface area contributed by atoms with Gasteiger partial charge in [-0.1, -0.05) is 12.1 Å². The van der Waals surface area contributed by atoms with Crippen LogP contribution in [0.15, 0.2) is 24.3 Å². The molecule has 118 valence electrons. The summed E-state index contributed by atoms with van der Waals surface area (Å²) in [5.74, 6) is 0.198. The largest absolute Gasteiger partial charge is 0.435 e. The Hall–Kier alpha value is -1.20. The fraction of sp³-hybridized carbons (Fsp3) is 0.625. The number of ether oxygens (including phenoxy) is 2. The Morgan fingerprint density at radius 3 is 2.81 bits per heavy atom. The Morgan fingerprint density at radius 2 is 2.14 bits per heavy atom. The molecule has 0 saturated carbocycles. The fourth-order valence-corrected chi connectivity index (χ4v) is 2.78. The molecule has 0 spiro atoms. The van der Waals surface area contributed by atoms with E-state index >= 15 is 0 Å². The van der Waals surface area contributed by atoms with Crippen LogP contribution in [-0.2, 0) is 4.74 Å². The predicted molar refractivity (Wildman–Crippen MR) is 77.7 cm³/mol. The van der Waals surface area contributed by atoms with Crippen LogP contribution in [0.1, 0.15) is 45.2 Å². The van der Waals surface area contributed by atoms with Crippen LogP contribution in [0.3, 0.4) is 0 Å². The maximum absolute atomic E-state index is 12.3. The molecule has 1 heterocycles. The highest BCUT2D eigenvalue weighted by Gasteiger charge is 2.29. The second-order valence-electron chi connectivity index (χ2n) is 6.14. The summed E-state index contributed by atoms with van der Waals surface area (Å²) >= 11 is 0. The second-order valence-corrected chi connectivity index (χ2v) is 6.14. The Morgan fingerprint density at radius 1 is 1.38 bits per heavy atom. The number of nitrogens with one attached hydrogen (secondary N) is 1. The van der Waals surface area contributed by atoms with Gasteiger partial charge in [0, 0.05) is 18.7 Å². The zero-order chi connectivity index (χ0) is 15.5. The standard InChI is InChI=1S/C16H23F2NO2/c1-11(19-13-7-8-20-16(2,3)10-13)12-5-4-6-14(9-12)21-15(17)18/h4-6,9,11,13,15,19H,7-8,10H2,1-3H3. The van der Waals surface area contributed by atoms with E-state index in [4.69, 9.17) is 4.74 Å². The highest BCUT2D eigenvalue weighted by molar-refractivity contribution is 5.30. The Labute approximate surface area is 124 Å². The van der Waals surface area contributed by atoms with Gasteiger partial charge in [-0.05, 0) is 51.3 Å². The molecule has 2 atom stereocenters. The summed E-state index contributed by atoms with van der Waals surface area (Å²) in [7, 11) is 0. The van der Waals surface area contributed by atoms with Crippen molar-refractivity contribution in [2.24, 2.45) is 0 Å². The smallest absolute Gasteiger partial charge is 0.387 e. The molecule has 0 aliphatic carbocycles. The van der Waals surface area contributed by atoms with Gasteiger partial charge in [-0.3, -0.25) is 0 Å². The SMILES string of the molecule is CC(NC1CCOC(C)(C)C1)c1cccc(OC(F)F)c1. The second kappa shape index (κ2) is 6.71. The lowest BCUT2D eigenvalue weighted by atomic mass is 9.93.